The van der Waals surface area contributed by atoms with Crippen molar-refractivity contribution in [1.29, 1.82) is 0 Å². The number of nitrogens with two attached hydrogens (primary N) is 1. The second-order valence-corrected chi connectivity index (χ2v) is 3.48. The largest absolute Gasteiger partial charge is 0.433 e. The Balaban J connectivity index is 3.46. The zero-order valence-electron chi connectivity index (χ0n) is 9.60. The fraction of sp³-hybridized carbons (Fsp3) is 0.400. The fourth-order valence-electron chi connectivity index (χ4n) is 1.22. The van der Waals surface area contributed by atoms with E-state index >= 15 is 0 Å². The molecule has 3 nitrogen and oxygen atoms in total. The number of aliphatic imine (C=N–C) groups is 1. The van der Waals surface area contributed by atoms with E-state index in [2.05, 4.69) is 9.98 Å². The Kier molecular flexibility index (Phi) is 4.06. The summed E-state index contributed by atoms with van der Waals surface area (Å²) in [5.41, 5.74) is 1.50. The first-order valence-electron chi connectivity index (χ1n) is 5.02. The van der Waals surface area contributed by atoms with Gasteiger partial charge in [-0.15, -0.1) is 0 Å². The van der Waals surface area contributed by atoms with E-state index in [9.17, 15) is 26.3 Å². The highest BCUT2D eigenvalue weighted by atomic mass is 19.4. The second kappa shape index (κ2) is 5.06. The first kappa shape index (κ1) is 15.3. The van der Waals surface area contributed by atoms with Gasteiger partial charge in [0, 0.05) is 6.54 Å². The highest BCUT2D eigenvalue weighted by molar-refractivity contribution is 5.95. The number of hydrogen-bond acceptors (Lipinski definition) is 2. The van der Waals surface area contributed by atoms with Crippen LogP contribution in [0, 0.1) is 0 Å². The Morgan fingerprint density at radius 1 is 1.16 bits per heavy atom. The highest BCUT2D eigenvalue weighted by Gasteiger charge is 2.38. The topological polar surface area (TPSA) is 51.3 Å². The monoisotopic (exact) mass is 285 g/mol. The van der Waals surface area contributed by atoms with Crippen molar-refractivity contribution < 1.29 is 26.3 Å². The van der Waals surface area contributed by atoms with Crippen molar-refractivity contribution >= 4 is 5.84 Å². The molecule has 1 aromatic rings. The van der Waals surface area contributed by atoms with Crippen LogP contribution >= 0.6 is 0 Å². The molecule has 9 heteroatoms. The van der Waals surface area contributed by atoms with Crippen LogP contribution < -0.4 is 5.73 Å². The van der Waals surface area contributed by atoms with Crippen molar-refractivity contribution in [3.63, 3.8) is 0 Å². The minimum atomic E-state index is -5.00. The molecule has 0 spiro atoms. The Labute approximate surface area is 104 Å². The van der Waals surface area contributed by atoms with Crippen LogP contribution in [-0.4, -0.2) is 17.4 Å². The van der Waals surface area contributed by atoms with E-state index in [-0.39, 0.29) is 12.6 Å². The highest BCUT2D eigenvalue weighted by Crippen LogP contribution is 2.34. The number of pyridine rings is 1. The summed E-state index contributed by atoms with van der Waals surface area (Å²) >= 11 is 0. The molecule has 0 aliphatic heterocycles. The normalized spacial score (nSPS) is 13.7. The van der Waals surface area contributed by atoms with Crippen molar-refractivity contribution in [3.8, 4) is 0 Å². The average Bonchev–Trinajstić information content (AvgIpc) is 2.26. The molecule has 0 amide bonds. The molecule has 0 aromatic carbocycles. The van der Waals surface area contributed by atoms with Gasteiger partial charge in [-0.3, -0.25) is 4.99 Å². The van der Waals surface area contributed by atoms with E-state index < -0.39 is 35.1 Å². The third-order valence-electron chi connectivity index (χ3n) is 2.03. The maximum absolute atomic E-state index is 12.5. The average molecular weight is 285 g/mol. The van der Waals surface area contributed by atoms with Crippen LogP contribution in [-0.2, 0) is 12.4 Å². The molecule has 0 aliphatic carbocycles. The number of amidine groups is 1. The van der Waals surface area contributed by atoms with E-state index in [1.807, 2.05) is 0 Å². The van der Waals surface area contributed by atoms with Crippen LogP contribution in [0.4, 0.5) is 26.3 Å². The van der Waals surface area contributed by atoms with Gasteiger partial charge >= 0.3 is 12.4 Å². The van der Waals surface area contributed by atoms with Crippen LogP contribution in [0.5, 0.6) is 0 Å². The zero-order valence-corrected chi connectivity index (χ0v) is 9.60. The second-order valence-electron chi connectivity index (χ2n) is 3.48. The van der Waals surface area contributed by atoms with E-state index in [1.165, 1.54) is 6.92 Å². The number of rotatable bonds is 2. The molecule has 0 bridgehead atoms. The van der Waals surface area contributed by atoms with Crippen molar-refractivity contribution in [2.45, 2.75) is 19.3 Å². The molecule has 0 radical (unpaired) electrons. The van der Waals surface area contributed by atoms with E-state index in [0.29, 0.717) is 6.07 Å². The Bertz CT molecular complexity index is 457. The van der Waals surface area contributed by atoms with Gasteiger partial charge in [-0.2, -0.15) is 26.3 Å². The molecule has 0 unspecified atom stereocenters. The quantitative estimate of drug-likeness (QED) is 0.516. The summed E-state index contributed by atoms with van der Waals surface area (Å²) in [7, 11) is 0. The lowest BCUT2D eigenvalue weighted by molar-refractivity contribution is -0.145. The number of hydrogen-bond donors (Lipinski definition) is 1. The van der Waals surface area contributed by atoms with Gasteiger partial charge in [0.25, 0.3) is 0 Å². The number of aromatic nitrogens is 1. The zero-order chi connectivity index (χ0) is 14.8. The van der Waals surface area contributed by atoms with Crippen molar-refractivity contribution in [2.24, 2.45) is 10.7 Å². The summed E-state index contributed by atoms with van der Waals surface area (Å²) in [5.74, 6) is -0.473. The first-order chi connectivity index (χ1) is 8.55. The fourth-order valence-corrected chi connectivity index (χ4v) is 1.22. The molecule has 0 saturated heterocycles. The van der Waals surface area contributed by atoms with Gasteiger partial charge in [-0.25, -0.2) is 4.98 Å². The SMILES string of the molecule is CCN=C(N)c1cc(C(F)(F)F)cc(C(F)(F)F)n1. The van der Waals surface area contributed by atoms with Crippen molar-refractivity contribution in [2.75, 3.05) is 6.54 Å². The summed E-state index contributed by atoms with van der Waals surface area (Å²) in [6.45, 7) is 1.65. The van der Waals surface area contributed by atoms with E-state index in [0.717, 1.165) is 0 Å². The van der Waals surface area contributed by atoms with Gasteiger partial charge in [-0.05, 0) is 19.1 Å². The molecular formula is C10H9F6N3. The van der Waals surface area contributed by atoms with Gasteiger partial charge in [0.15, 0.2) is 0 Å². The standard InChI is InChI=1S/C10H9F6N3/c1-2-18-8(17)6-3-5(9(11,12)13)4-7(19-6)10(14,15)16/h3-4H,2H2,1H3,(H2,17,18). The summed E-state index contributed by atoms with van der Waals surface area (Å²) in [6, 6.07) is 0.368. The summed E-state index contributed by atoms with van der Waals surface area (Å²) in [6.07, 6.45) is -9.92. The maximum atomic E-state index is 12.5. The Hall–Kier alpha value is -1.80. The molecule has 1 heterocycles. The minimum Gasteiger partial charge on any atom is -0.382 e. The van der Waals surface area contributed by atoms with Crippen LogP contribution in [0.2, 0.25) is 0 Å². The molecular weight excluding hydrogens is 276 g/mol. The summed E-state index contributed by atoms with van der Waals surface area (Å²) in [4.78, 5) is 6.59. The Morgan fingerprint density at radius 2 is 1.74 bits per heavy atom. The van der Waals surface area contributed by atoms with Crippen LogP contribution in [0.25, 0.3) is 0 Å². The lowest BCUT2D eigenvalue weighted by Gasteiger charge is -2.12. The smallest absolute Gasteiger partial charge is 0.382 e. The first-order valence-corrected chi connectivity index (χ1v) is 5.02. The molecule has 0 saturated carbocycles. The van der Waals surface area contributed by atoms with E-state index in [4.69, 9.17) is 5.73 Å². The lowest BCUT2D eigenvalue weighted by atomic mass is 10.1. The summed E-state index contributed by atoms with van der Waals surface area (Å²) in [5, 5.41) is 0. The van der Waals surface area contributed by atoms with Crippen LogP contribution in [0.15, 0.2) is 17.1 Å². The third kappa shape index (κ3) is 3.83. The summed E-state index contributed by atoms with van der Waals surface area (Å²) < 4.78 is 75.0. The molecule has 1 aromatic heterocycles. The van der Waals surface area contributed by atoms with Gasteiger partial charge in [-0.1, -0.05) is 0 Å². The van der Waals surface area contributed by atoms with Gasteiger partial charge < -0.3 is 5.73 Å². The Morgan fingerprint density at radius 3 is 2.16 bits per heavy atom. The number of halogens is 6. The molecule has 0 aliphatic rings. The molecule has 2 N–H and O–H groups in total. The molecule has 1 rings (SSSR count). The van der Waals surface area contributed by atoms with Crippen molar-refractivity contribution in [3.05, 3.63) is 29.1 Å². The predicted octanol–water partition coefficient (Wildman–Crippen LogP) is 2.84. The molecule has 19 heavy (non-hydrogen) atoms. The van der Waals surface area contributed by atoms with E-state index in [1.54, 1.807) is 0 Å². The van der Waals surface area contributed by atoms with Gasteiger partial charge in [0.2, 0.25) is 0 Å². The van der Waals surface area contributed by atoms with Gasteiger partial charge in [0.1, 0.15) is 17.2 Å². The van der Waals surface area contributed by atoms with Crippen molar-refractivity contribution in [1.82, 2.24) is 4.98 Å². The van der Waals surface area contributed by atoms with Gasteiger partial charge in [0.05, 0.1) is 5.56 Å². The molecule has 0 atom stereocenters. The number of nitrogens with zero attached hydrogens (tertiary/aromatic N) is 2. The van der Waals surface area contributed by atoms with Crippen LogP contribution in [0.3, 0.4) is 0 Å². The third-order valence-corrected chi connectivity index (χ3v) is 2.03. The predicted molar refractivity (Wildman–Crippen MR) is 55.5 cm³/mol. The molecule has 106 valence electrons. The number of alkyl halides is 6. The maximum Gasteiger partial charge on any atom is 0.433 e. The lowest BCUT2D eigenvalue weighted by Crippen LogP contribution is -2.21. The minimum absolute atomic E-state index is 0.0667. The molecule has 0 fully saturated rings. The van der Waals surface area contributed by atoms with Crippen LogP contribution in [0.1, 0.15) is 23.9 Å².